The minimum absolute atomic E-state index is 0.0976. The summed E-state index contributed by atoms with van der Waals surface area (Å²) in [5, 5.41) is 2.73. The molecule has 0 spiro atoms. The molecule has 2 N–H and O–H groups in total. The number of hydrogen-bond donors (Lipinski definition) is 2. The summed E-state index contributed by atoms with van der Waals surface area (Å²) in [6.07, 6.45) is 4.41. The molecule has 2 heterocycles. The second-order valence-corrected chi connectivity index (χ2v) is 5.65. The highest BCUT2D eigenvalue weighted by Gasteiger charge is 2.20. The molecule has 0 saturated heterocycles. The Morgan fingerprint density at radius 2 is 2.04 bits per heavy atom. The lowest BCUT2D eigenvalue weighted by Crippen LogP contribution is -2.26. The standard InChI is InChI=1S/C17H22N4O4/c1-5-6-15(22)19-11-7-13(18-9-11)16(23)21(3)12-8-14(17(24)25-4)20(2)10-12/h7-10,18H,5-6H2,1-4H3,(H,19,22). The average Bonchev–Trinajstić information content (AvgIpc) is 3.19. The molecule has 0 fully saturated rings. The minimum atomic E-state index is -0.476. The number of nitrogens with one attached hydrogen (secondary N) is 2. The van der Waals surface area contributed by atoms with Crippen LogP contribution in [0.1, 0.15) is 40.7 Å². The Morgan fingerprint density at radius 3 is 2.68 bits per heavy atom. The quantitative estimate of drug-likeness (QED) is 0.783. The molecule has 0 aliphatic heterocycles. The van der Waals surface area contributed by atoms with Crippen molar-refractivity contribution < 1.29 is 19.1 Å². The molecule has 0 saturated carbocycles. The summed E-state index contributed by atoms with van der Waals surface area (Å²) in [5.41, 5.74) is 1.77. The summed E-state index contributed by atoms with van der Waals surface area (Å²) in [5.74, 6) is -0.868. The normalized spacial score (nSPS) is 10.4. The number of carbonyl (C=O) groups is 3. The molecule has 0 unspecified atom stereocenters. The zero-order chi connectivity index (χ0) is 18.6. The van der Waals surface area contributed by atoms with Crippen LogP contribution in [0.25, 0.3) is 0 Å². The van der Waals surface area contributed by atoms with Crippen molar-refractivity contribution in [2.24, 2.45) is 7.05 Å². The second kappa shape index (κ2) is 7.69. The third-order valence-electron chi connectivity index (χ3n) is 3.75. The highest BCUT2D eigenvalue weighted by Crippen LogP contribution is 2.20. The van der Waals surface area contributed by atoms with Crippen LogP contribution in [0.5, 0.6) is 0 Å². The fraction of sp³-hybridized carbons (Fsp3) is 0.353. The van der Waals surface area contributed by atoms with E-state index in [0.29, 0.717) is 29.2 Å². The van der Waals surface area contributed by atoms with Gasteiger partial charge >= 0.3 is 5.97 Å². The number of amides is 2. The molecule has 0 aliphatic rings. The number of nitrogens with zero attached hydrogens (tertiary/aromatic N) is 2. The lowest BCUT2D eigenvalue weighted by Gasteiger charge is -2.14. The van der Waals surface area contributed by atoms with Crippen LogP contribution in [-0.4, -0.2) is 41.5 Å². The van der Waals surface area contributed by atoms with Gasteiger partial charge in [0, 0.05) is 32.9 Å². The van der Waals surface area contributed by atoms with Crippen molar-refractivity contribution in [1.29, 1.82) is 0 Å². The third-order valence-corrected chi connectivity index (χ3v) is 3.75. The lowest BCUT2D eigenvalue weighted by molar-refractivity contribution is -0.116. The fourth-order valence-electron chi connectivity index (χ4n) is 2.38. The molecule has 0 atom stereocenters. The van der Waals surface area contributed by atoms with E-state index in [1.807, 2.05) is 6.92 Å². The molecule has 2 aromatic heterocycles. The largest absolute Gasteiger partial charge is 0.464 e. The first kappa shape index (κ1) is 18.3. The first-order valence-corrected chi connectivity index (χ1v) is 7.88. The zero-order valence-corrected chi connectivity index (χ0v) is 14.8. The van der Waals surface area contributed by atoms with Crippen LogP contribution in [0.4, 0.5) is 11.4 Å². The lowest BCUT2D eigenvalue weighted by atomic mass is 10.3. The van der Waals surface area contributed by atoms with Crippen molar-refractivity contribution >= 4 is 29.2 Å². The van der Waals surface area contributed by atoms with E-state index in [4.69, 9.17) is 4.74 Å². The fourth-order valence-corrected chi connectivity index (χ4v) is 2.38. The average molecular weight is 346 g/mol. The number of aryl methyl sites for hydroxylation is 1. The van der Waals surface area contributed by atoms with Crippen LogP contribution in [-0.2, 0) is 16.6 Å². The van der Waals surface area contributed by atoms with Gasteiger partial charge in [-0.1, -0.05) is 6.92 Å². The first-order chi connectivity index (χ1) is 11.9. The number of esters is 1. The summed E-state index contributed by atoms with van der Waals surface area (Å²) in [6, 6.07) is 3.16. The van der Waals surface area contributed by atoms with Gasteiger partial charge in [0.2, 0.25) is 5.91 Å². The van der Waals surface area contributed by atoms with Crippen molar-refractivity contribution in [2.45, 2.75) is 19.8 Å². The highest BCUT2D eigenvalue weighted by molar-refractivity contribution is 6.06. The van der Waals surface area contributed by atoms with E-state index in [-0.39, 0.29) is 11.8 Å². The summed E-state index contributed by atoms with van der Waals surface area (Å²) >= 11 is 0. The molecular formula is C17H22N4O4. The van der Waals surface area contributed by atoms with E-state index >= 15 is 0 Å². The Morgan fingerprint density at radius 1 is 1.32 bits per heavy atom. The van der Waals surface area contributed by atoms with Crippen LogP contribution >= 0.6 is 0 Å². The van der Waals surface area contributed by atoms with E-state index < -0.39 is 5.97 Å². The predicted octanol–water partition coefficient (Wildman–Crippen LogP) is 2.15. The summed E-state index contributed by atoms with van der Waals surface area (Å²) < 4.78 is 6.30. The molecule has 134 valence electrons. The molecule has 2 amide bonds. The predicted molar refractivity (Wildman–Crippen MR) is 93.8 cm³/mol. The zero-order valence-electron chi connectivity index (χ0n) is 14.8. The summed E-state index contributed by atoms with van der Waals surface area (Å²) in [7, 11) is 4.61. The van der Waals surface area contributed by atoms with Gasteiger partial charge < -0.3 is 24.5 Å². The van der Waals surface area contributed by atoms with Crippen LogP contribution in [0.2, 0.25) is 0 Å². The van der Waals surface area contributed by atoms with Gasteiger partial charge in [-0.2, -0.15) is 0 Å². The number of aromatic amines is 1. The van der Waals surface area contributed by atoms with Gasteiger partial charge in [-0.15, -0.1) is 0 Å². The number of aromatic nitrogens is 2. The van der Waals surface area contributed by atoms with Crippen LogP contribution < -0.4 is 10.2 Å². The highest BCUT2D eigenvalue weighted by atomic mass is 16.5. The maximum atomic E-state index is 12.6. The number of anilines is 2. The van der Waals surface area contributed by atoms with Crippen molar-refractivity contribution in [3.8, 4) is 0 Å². The molecular weight excluding hydrogens is 324 g/mol. The Kier molecular flexibility index (Phi) is 5.63. The molecule has 2 aromatic rings. The molecule has 0 bridgehead atoms. The van der Waals surface area contributed by atoms with E-state index in [2.05, 4.69) is 10.3 Å². The molecule has 0 aliphatic carbocycles. The smallest absolute Gasteiger partial charge is 0.354 e. The number of carbonyl (C=O) groups excluding carboxylic acids is 3. The van der Waals surface area contributed by atoms with Crippen LogP contribution in [0.15, 0.2) is 24.5 Å². The van der Waals surface area contributed by atoms with Gasteiger partial charge in [0.05, 0.1) is 18.5 Å². The molecule has 25 heavy (non-hydrogen) atoms. The van der Waals surface area contributed by atoms with Crippen molar-refractivity contribution in [3.63, 3.8) is 0 Å². The monoisotopic (exact) mass is 346 g/mol. The van der Waals surface area contributed by atoms with E-state index in [1.165, 1.54) is 12.0 Å². The van der Waals surface area contributed by atoms with Crippen LogP contribution in [0.3, 0.4) is 0 Å². The molecule has 8 heteroatoms. The van der Waals surface area contributed by atoms with Crippen molar-refractivity contribution in [2.75, 3.05) is 24.4 Å². The van der Waals surface area contributed by atoms with E-state index in [9.17, 15) is 14.4 Å². The number of H-pyrrole nitrogens is 1. The Balaban J connectivity index is 2.14. The number of rotatable bonds is 6. The topological polar surface area (TPSA) is 96.4 Å². The molecule has 2 rings (SSSR count). The number of ether oxygens (including phenoxy) is 1. The maximum absolute atomic E-state index is 12.6. The first-order valence-electron chi connectivity index (χ1n) is 7.88. The van der Waals surface area contributed by atoms with Gasteiger partial charge in [0.15, 0.2) is 0 Å². The summed E-state index contributed by atoms with van der Waals surface area (Å²) in [4.78, 5) is 40.1. The maximum Gasteiger partial charge on any atom is 0.354 e. The van der Waals surface area contributed by atoms with Crippen molar-refractivity contribution in [1.82, 2.24) is 9.55 Å². The van der Waals surface area contributed by atoms with Gasteiger partial charge in [-0.05, 0) is 18.6 Å². The second-order valence-electron chi connectivity index (χ2n) is 5.65. The van der Waals surface area contributed by atoms with Gasteiger partial charge in [0.1, 0.15) is 11.4 Å². The minimum Gasteiger partial charge on any atom is -0.464 e. The Hall–Kier alpha value is -3.03. The molecule has 0 radical (unpaired) electrons. The van der Waals surface area contributed by atoms with Crippen molar-refractivity contribution in [3.05, 3.63) is 35.9 Å². The molecule has 0 aromatic carbocycles. The van der Waals surface area contributed by atoms with Crippen LogP contribution in [0, 0.1) is 0 Å². The Bertz CT molecular complexity index is 790. The van der Waals surface area contributed by atoms with Gasteiger partial charge in [0.25, 0.3) is 5.91 Å². The SMILES string of the molecule is CCCC(=O)Nc1c[nH]c(C(=O)N(C)c2cc(C(=O)OC)n(C)c2)c1. The van der Waals surface area contributed by atoms with E-state index in [0.717, 1.165) is 6.42 Å². The third kappa shape index (κ3) is 4.09. The van der Waals surface area contributed by atoms with Gasteiger partial charge in [-0.3, -0.25) is 9.59 Å². The van der Waals surface area contributed by atoms with E-state index in [1.54, 1.807) is 43.2 Å². The van der Waals surface area contributed by atoms with Gasteiger partial charge in [-0.25, -0.2) is 4.79 Å². The Labute approximate surface area is 145 Å². The number of methoxy groups -OCH3 is 1. The molecule has 8 nitrogen and oxygen atoms in total. The summed E-state index contributed by atoms with van der Waals surface area (Å²) in [6.45, 7) is 1.92. The number of hydrogen-bond acceptors (Lipinski definition) is 4.